The largest absolute Gasteiger partial charge is 0.348 e. The number of amides is 1. The number of anilines is 1. The third kappa shape index (κ3) is 3.80. The lowest BCUT2D eigenvalue weighted by atomic mass is 10.1. The Balaban J connectivity index is 1.57. The molecule has 0 saturated carbocycles. The van der Waals surface area contributed by atoms with Crippen LogP contribution in [-0.2, 0) is 23.0 Å². The molecular weight excluding hydrogens is 398 g/mol. The first-order chi connectivity index (χ1) is 14.4. The molecule has 154 valence electrons. The molecule has 1 N–H and O–H groups in total. The van der Waals surface area contributed by atoms with Crippen molar-refractivity contribution in [2.45, 2.75) is 37.8 Å². The smallest absolute Gasteiger partial charge is 0.264 e. The van der Waals surface area contributed by atoms with Gasteiger partial charge in [0.2, 0.25) is 0 Å². The number of fused-ring (bicyclic) bond motifs is 1. The van der Waals surface area contributed by atoms with Crippen LogP contribution < -0.4 is 9.62 Å². The first-order valence-electron chi connectivity index (χ1n) is 9.77. The third-order valence-corrected chi connectivity index (χ3v) is 7.22. The van der Waals surface area contributed by atoms with Crippen molar-refractivity contribution in [3.05, 3.63) is 89.2 Å². The highest BCUT2D eigenvalue weighted by Gasteiger charge is 2.36. The minimum Gasteiger partial charge on any atom is -0.348 e. The number of carbonyl (C=O) groups excluding carboxylic acids is 1. The average molecular weight is 422 g/mol. The Morgan fingerprint density at radius 1 is 1.10 bits per heavy atom. The Morgan fingerprint density at radius 3 is 2.50 bits per heavy atom. The van der Waals surface area contributed by atoms with E-state index in [1.54, 1.807) is 54.9 Å². The molecule has 0 unspecified atom stereocenters. The van der Waals surface area contributed by atoms with Crippen LogP contribution in [0.2, 0.25) is 0 Å². The van der Waals surface area contributed by atoms with Crippen molar-refractivity contribution >= 4 is 21.6 Å². The van der Waals surface area contributed by atoms with E-state index < -0.39 is 10.0 Å². The summed E-state index contributed by atoms with van der Waals surface area (Å²) < 4.78 is 27.9. The second-order valence-corrected chi connectivity index (χ2v) is 9.36. The molecule has 1 aliphatic rings. The van der Waals surface area contributed by atoms with Gasteiger partial charge < -0.3 is 5.32 Å². The predicted molar refractivity (Wildman–Crippen MR) is 116 cm³/mol. The van der Waals surface area contributed by atoms with Crippen molar-refractivity contribution in [1.29, 1.82) is 0 Å². The van der Waals surface area contributed by atoms with E-state index in [0.29, 0.717) is 24.2 Å². The number of nitrogens with zero attached hydrogens (tertiary/aromatic N) is 2. The van der Waals surface area contributed by atoms with E-state index in [0.717, 1.165) is 16.7 Å². The summed E-state index contributed by atoms with van der Waals surface area (Å²) in [7, 11) is -3.67. The normalized spacial score (nSPS) is 15.7. The molecule has 0 saturated heterocycles. The van der Waals surface area contributed by atoms with Crippen LogP contribution in [0.25, 0.3) is 0 Å². The molecule has 1 aromatic heterocycles. The summed E-state index contributed by atoms with van der Waals surface area (Å²) in [6.07, 6.45) is 3.93. The predicted octanol–water partition coefficient (Wildman–Crippen LogP) is 3.46. The summed E-state index contributed by atoms with van der Waals surface area (Å²) in [6.45, 7) is 4.21. The highest BCUT2D eigenvalue weighted by molar-refractivity contribution is 7.92. The van der Waals surface area contributed by atoms with Gasteiger partial charge in [-0.25, -0.2) is 8.42 Å². The number of rotatable bonds is 5. The number of benzene rings is 2. The van der Waals surface area contributed by atoms with Gasteiger partial charge in [-0.3, -0.25) is 14.1 Å². The SMILES string of the molecule is Cc1ccc(S(=O)(=O)N2c3ccc(C(=O)NCc4ccncc4)cc3C[C@@H]2C)cc1. The van der Waals surface area contributed by atoms with Crippen molar-refractivity contribution in [3.8, 4) is 0 Å². The highest BCUT2D eigenvalue weighted by atomic mass is 32.2. The number of pyridine rings is 1. The Hall–Kier alpha value is -3.19. The lowest BCUT2D eigenvalue weighted by molar-refractivity contribution is 0.0951. The lowest BCUT2D eigenvalue weighted by Crippen LogP contribution is -2.35. The molecule has 30 heavy (non-hydrogen) atoms. The van der Waals surface area contributed by atoms with E-state index in [1.165, 1.54) is 4.31 Å². The van der Waals surface area contributed by atoms with E-state index in [9.17, 15) is 13.2 Å². The van der Waals surface area contributed by atoms with Crippen LogP contribution in [0, 0.1) is 6.92 Å². The molecule has 6 nitrogen and oxygen atoms in total. The van der Waals surface area contributed by atoms with Crippen LogP contribution in [0.15, 0.2) is 71.9 Å². The maximum absolute atomic E-state index is 13.2. The molecule has 2 aromatic carbocycles. The van der Waals surface area contributed by atoms with Crippen LogP contribution in [0.3, 0.4) is 0 Å². The first-order valence-corrected chi connectivity index (χ1v) is 11.2. The standard InChI is InChI=1S/C23H23N3O3S/c1-16-3-6-21(7-4-16)30(28,29)26-17(2)13-20-14-19(5-8-22(20)26)23(27)25-15-18-9-11-24-12-10-18/h3-12,14,17H,13,15H2,1-2H3,(H,25,27)/t17-/m0/s1. The molecule has 1 amide bonds. The average Bonchev–Trinajstić information content (AvgIpc) is 3.08. The molecule has 1 aliphatic heterocycles. The summed E-state index contributed by atoms with van der Waals surface area (Å²) in [6, 6.07) is 15.5. The van der Waals surface area contributed by atoms with Crippen LogP contribution in [0.4, 0.5) is 5.69 Å². The molecule has 0 aliphatic carbocycles. The van der Waals surface area contributed by atoms with Gasteiger partial charge in [0.1, 0.15) is 0 Å². The third-order valence-electron chi connectivity index (χ3n) is 5.27. The molecule has 0 fully saturated rings. The zero-order chi connectivity index (χ0) is 21.3. The molecule has 1 atom stereocenters. The summed E-state index contributed by atoms with van der Waals surface area (Å²) in [5, 5.41) is 2.89. The van der Waals surface area contributed by atoms with E-state index in [1.807, 2.05) is 26.0 Å². The van der Waals surface area contributed by atoms with E-state index >= 15 is 0 Å². The number of sulfonamides is 1. The Bertz CT molecular complexity index is 1180. The topological polar surface area (TPSA) is 79.4 Å². The summed E-state index contributed by atoms with van der Waals surface area (Å²) in [4.78, 5) is 16.8. The van der Waals surface area contributed by atoms with Crippen LogP contribution in [0.1, 0.15) is 34.0 Å². The van der Waals surface area contributed by atoms with Crippen LogP contribution in [0.5, 0.6) is 0 Å². The molecule has 0 radical (unpaired) electrons. The molecule has 0 bridgehead atoms. The number of aromatic nitrogens is 1. The van der Waals surface area contributed by atoms with Gasteiger partial charge in [-0.05, 0) is 73.9 Å². The Labute approximate surface area is 176 Å². The summed E-state index contributed by atoms with van der Waals surface area (Å²) in [5.41, 5.74) is 3.97. The van der Waals surface area contributed by atoms with Crippen molar-refractivity contribution in [1.82, 2.24) is 10.3 Å². The molecule has 3 aromatic rings. The summed E-state index contributed by atoms with van der Waals surface area (Å²) in [5.74, 6) is -0.192. The van der Waals surface area contributed by atoms with Crippen molar-refractivity contribution in [2.24, 2.45) is 0 Å². The zero-order valence-corrected chi connectivity index (χ0v) is 17.7. The van der Waals surface area contributed by atoms with Crippen LogP contribution >= 0.6 is 0 Å². The van der Waals surface area contributed by atoms with Gasteiger partial charge in [0.05, 0.1) is 10.6 Å². The number of carbonyl (C=O) groups is 1. The van der Waals surface area contributed by atoms with E-state index in [-0.39, 0.29) is 16.8 Å². The molecular formula is C23H23N3O3S. The second kappa shape index (κ2) is 7.91. The van der Waals surface area contributed by atoms with Crippen molar-refractivity contribution in [3.63, 3.8) is 0 Å². The van der Waals surface area contributed by atoms with Gasteiger partial charge >= 0.3 is 0 Å². The monoisotopic (exact) mass is 421 g/mol. The fourth-order valence-electron chi connectivity index (χ4n) is 3.72. The van der Waals surface area contributed by atoms with E-state index in [4.69, 9.17) is 0 Å². The lowest BCUT2D eigenvalue weighted by Gasteiger charge is -2.24. The van der Waals surface area contributed by atoms with Gasteiger partial charge in [0.15, 0.2) is 0 Å². The van der Waals surface area contributed by atoms with Gasteiger partial charge in [-0.2, -0.15) is 0 Å². The minimum absolute atomic E-state index is 0.192. The first kappa shape index (κ1) is 20.1. The Morgan fingerprint density at radius 2 is 1.80 bits per heavy atom. The van der Waals surface area contributed by atoms with Gasteiger partial charge in [0.25, 0.3) is 15.9 Å². The second-order valence-electron chi connectivity index (χ2n) is 7.55. The minimum atomic E-state index is -3.67. The van der Waals surface area contributed by atoms with Gasteiger partial charge in [-0.15, -0.1) is 0 Å². The maximum Gasteiger partial charge on any atom is 0.264 e. The molecule has 0 spiro atoms. The maximum atomic E-state index is 13.2. The van der Waals surface area contributed by atoms with Gasteiger partial charge in [0, 0.05) is 30.5 Å². The van der Waals surface area contributed by atoms with Crippen molar-refractivity contribution in [2.75, 3.05) is 4.31 Å². The number of hydrogen-bond donors (Lipinski definition) is 1. The zero-order valence-electron chi connectivity index (χ0n) is 16.9. The van der Waals surface area contributed by atoms with Gasteiger partial charge in [-0.1, -0.05) is 17.7 Å². The van der Waals surface area contributed by atoms with Crippen molar-refractivity contribution < 1.29 is 13.2 Å². The number of hydrogen-bond acceptors (Lipinski definition) is 4. The summed E-state index contributed by atoms with van der Waals surface area (Å²) >= 11 is 0. The Kier molecular flexibility index (Phi) is 5.30. The fourth-order valence-corrected chi connectivity index (χ4v) is 5.41. The molecule has 4 rings (SSSR count). The quantitative estimate of drug-likeness (QED) is 0.684. The molecule has 2 heterocycles. The highest BCUT2D eigenvalue weighted by Crippen LogP contribution is 2.37. The fraction of sp³-hybridized carbons (Fsp3) is 0.217. The molecule has 7 heteroatoms. The number of aryl methyl sites for hydroxylation is 1. The van der Waals surface area contributed by atoms with E-state index in [2.05, 4.69) is 10.3 Å². The van der Waals surface area contributed by atoms with Crippen LogP contribution in [-0.4, -0.2) is 25.4 Å². The number of nitrogens with one attached hydrogen (secondary N) is 1.